The average molecular weight is 418 g/mol. The van der Waals surface area contributed by atoms with E-state index in [9.17, 15) is 14.9 Å². The monoisotopic (exact) mass is 418 g/mol. The van der Waals surface area contributed by atoms with E-state index >= 15 is 0 Å². The Bertz CT molecular complexity index is 922. The Morgan fingerprint density at radius 3 is 1.97 bits per heavy atom. The van der Waals surface area contributed by atoms with Gasteiger partial charge in [-0.3, -0.25) is 14.5 Å². The molecule has 1 fully saturated rings. The minimum Gasteiger partial charge on any atom is -0.480 e. The Balaban J connectivity index is 1.71. The van der Waals surface area contributed by atoms with Gasteiger partial charge in [0.15, 0.2) is 0 Å². The zero-order valence-electron chi connectivity index (χ0n) is 17.4. The van der Waals surface area contributed by atoms with E-state index in [0.29, 0.717) is 26.2 Å². The summed E-state index contributed by atoms with van der Waals surface area (Å²) in [5, 5.41) is 20.9. The predicted molar refractivity (Wildman–Crippen MR) is 117 cm³/mol. The first kappa shape index (κ1) is 22.1. The Hall–Kier alpha value is -3.63. The van der Waals surface area contributed by atoms with Crippen LogP contribution in [0, 0.1) is 11.3 Å². The van der Waals surface area contributed by atoms with E-state index in [0.717, 1.165) is 0 Å². The molecule has 3 rings (SSSR count). The van der Waals surface area contributed by atoms with Gasteiger partial charge in [0.05, 0.1) is 6.04 Å². The van der Waals surface area contributed by atoms with E-state index in [4.69, 9.17) is 5.11 Å². The molecule has 31 heavy (non-hydrogen) atoms. The van der Waals surface area contributed by atoms with Gasteiger partial charge in [0.25, 0.3) is 5.91 Å². The van der Waals surface area contributed by atoms with Gasteiger partial charge in [-0.15, -0.1) is 0 Å². The molecule has 1 aliphatic heterocycles. The minimum atomic E-state index is -1.05. The molecule has 7 heteroatoms. The summed E-state index contributed by atoms with van der Waals surface area (Å²) in [6.45, 7) is 3.76. The normalized spacial score (nSPS) is 15.9. The Morgan fingerprint density at radius 1 is 1.00 bits per heavy atom. The average Bonchev–Trinajstić information content (AvgIpc) is 2.81. The number of carboxylic acids is 1. The van der Waals surface area contributed by atoms with Crippen molar-refractivity contribution in [2.75, 3.05) is 26.2 Å². The number of rotatable bonds is 7. The second-order valence-electron chi connectivity index (χ2n) is 7.45. The number of benzene rings is 2. The third-order valence-electron chi connectivity index (χ3n) is 5.40. The number of piperazine rings is 1. The van der Waals surface area contributed by atoms with Gasteiger partial charge in [0, 0.05) is 32.4 Å². The van der Waals surface area contributed by atoms with Crippen LogP contribution in [0.15, 0.2) is 72.4 Å². The van der Waals surface area contributed by atoms with Crippen molar-refractivity contribution in [2.45, 2.75) is 19.0 Å². The maximum Gasteiger partial charge on any atom is 0.325 e. The molecule has 0 radical (unpaired) electrons. The molecule has 0 spiro atoms. The van der Waals surface area contributed by atoms with Crippen LogP contribution in [0.3, 0.4) is 0 Å². The number of amides is 1. The highest BCUT2D eigenvalue weighted by Crippen LogP contribution is 2.29. The molecule has 2 N–H and O–H groups in total. The van der Waals surface area contributed by atoms with E-state index < -0.39 is 12.0 Å². The van der Waals surface area contributed by atoms with Crippen molar-refractivity contribution >= 4 is 11.9 Å². The highest BCUT2D eigenvalue weighted by molar-refractivity contribution is 5.97. The topological polar surface area (TPSA) is 96.7 Å². The molecule has 7 nitrogen and oxygen atoms in total. The highest BCUT2D eigenvalue weighted by atomic mass is 16.4. The molecule has 1 aliphatic rings. The maximum absolute atomic E-state index is 12.8. The number of carbonyl (C=O) groups excluding carboxylic acids is 1. The highest BCUT2D eigenvalue weighted by Gasteiger charge is 2.29. The van der Waals surface area contributed by atoms with Crippen LogP contribution in [-0.2, 0) is 9.59 Å². The first-order valence-electron chi connectivity index (χ1n) is 10.2. The predicted octanol–water partition coefficient (Wildman–Crippen LogP) is 2.39. The molecule has 0 saturated carbocycles. The Labute approximate surface area is 182 Å². The van der Waals surface area contributed by atoms with Crippen molar-refractivity contribution in [1.29, 1.82) is 5.26 Å². The lowest BCUT2D eigenvalue weighted by atomic mass is 9.96. The van der Waals surface area contributed by atoms with Crippen LogP contribution in [0.4, 0.5) is 0 Å². The molecule has 1 heterocycles. The first-order valence-corrected chi connectivity index (χ1v) is 10.2. The van der Waals surface area contributed by atoms with Gasteiger partial charge in [0.1, 0.15) is 17.7 Å². The number of carboxylic acid groups (broad SMARTS) is 1. The molecule has 0 aliphatic carbocycles. The quantitative estimate of drug-likeness (QED) is 0.529. The van der Waals surface area contributed by atoms with E-state index in [1.807, 2.05) is 42.5 Å². The molecular formula is C24H26N4O3. The molecule has 0 bridgehead atoms. The summed E-state index contributed by atoms with van der Waals surface area (Å²) >= 11 is 0. The number of nitriles is 1. The van der Waals surface area contributed by atoms with Crippen LogP contribution in [0.5, 0.6) is 0 Å². The van der Waals surface area contributed by atoms with E-state index in [1.165, 1.54) is 24.3 Å². The van der Waals surface area contributed by atoms with Gasteiger partial charge >= 0.3 is 5.97 Å². The van der Waals surface area contributed by atoms with Crippen molar-refractivity contribution in [2.24, 2.45) is 0 Å². The van der Waals surface area contributed by atoms with E-state index in [1.54, 1.807) is 4.90 Å². The van der Waals surface area contributed by atoms with Crippen LogP contribution < -0.4 is 5.32 Å². The largest absolute Gasteiger partial charge is 0.480 e. The number of nitrogens with one attached hydrogen (secondary N) is 1. The van der Waals surface area contributed by atoms with Crippen molar-refractivity contribution in [3.05, 3.63) is 83.6 Å². The van der Waals surface area contributed by atoms with Crippen LogP contribution in [-0.4, -0.2) is 59.0 Å². The van der Waals surface area contributed by atoms with Crippen LogP contribution in [0.25, 0.3) is 0 Å². The standard InChI is InChI=1S/C24H26N4O3/c1-18(24(30)31)26-17-21(16-25)23(29)28-14-12-27(13-15-28)22(19-8-4-2-5-9-19)20-10-6-3-7-11-20/h2-11,17-18,22,26H,12-15H2,1H3,(H,30,31)/b21-17-. The van der Waals surface area contributed by atoms with Gasteiger partial charge in [-0.1, -0.05) is 60.7 Å². The Kier molecular flexibility index (Phi) is 7.41. The third kappa shape index (κ3) is 5.50. The fourth-order valence-electron chi connectivity index (χ4n) is 3.66. The van der Waals surface area contributed by atoms with Gasteiger partial charge in [-0.25, -0.2) is 0 Å². The van der Waals surface area contributed by atoms with Gasteiger partial charge in [-0.2, -0.15) is 5.26 Å². The summed E-state index contributed by atoms with van der Waals surface area (Å²) in [4.78, 5) is 27.7. The lowest BCUT2D eigenvalue weighted by Gasteiger charge is -2.39. The molecule has 2 aromatic rings. The lowest BCUT2D eigenvalue weighted by molar-refractivity contribution is -0.138. The third-order valence-corrected chi connectivity index (χ3v) is 5.40. The van der Waals surface area contributed by atoms with E-state index in [2.05, 4.69) is 34.5 Å². The van der Waals surface area contributed by atoms with Gasteiger partial charge in [0.2, 0.25) is 0 Å². The summed E-state index contributed by atoms with van der Waals surface area (Å²) in [6, 6.07) is 21.6. The molecule has 1 atom stereocenters. The van der Waals surface area contributed by atoms with E-state index in [-0.39, 0.29) is 17.5 Å². The number of hydrogen-bond acceptors (Lipinski definition) is 5. The number of aliphatic carboxylic acids is 1. The molecular weight excluding hydrogens is 392 g/mol. The fraction of sp³-hybridized carbons (Fsp3) is 0.292. The number of nitrogens with zero attached hydrogens (tertiary/aromatic N) is 3. The summed E-state index contributed by atoms with van der Waals surface area (Å²) in [5.74, 6) is -1.44. The lowest BCUT2D eigenvalue weighted by Crippen LogP contribution is -2.50. The summed E-state index contributed by atoms with van der Waals surface area (Å²) in [7, 11) is 0. The van der Waals surface area contributed by atoms with Crippen LogP contribution in [0.2, 0.25) is 0 Å². The zero-order valence-corrected chi connectivity index (χ0v) is 17.4. The van der Waals surface area contributed by atoms with Crippen molar-refractivity contribution < 1.29 is 14.7 Å². The molecule has 1 amide bonds. The second-order valence-corrected chi connectivity index (χ2v) is 7.45. The van der Waals surface area contributed by atoms with Crippen LogP contribution in [0.1, 0.15) is 24.1 Å². The van der Waals surface area contributed by atoms with Gasteiger partial charge < -0.3 is 15.3 Å². The summed E-state index contributed by atoms with van der Waals surface area (Å²) in [5.41, 5.74) is 2.29. The summed E-state index contributed by atoms with van der Waals surface area (Å²) < 4.78 is 0. The Morgan fingerprint density at radius 2 is 1.52 bits per heavy atom. The SMILES string of the molecule is CC(N/C=C(/C#N)C(=O)N1CCN(C(c2ccccc2)c2ccccc2)CC1)C(=O)O. The zero-order chi connectivity index (χ0) is 22.2. The molecule has 1 unspecified atom stereocenters. The number of hydrogen-bond donors (Lipinski definition) is 2. The molecule has 160 valence electrons. The fourth-order valence-corrected chi connectivity index (χ4v) is 3.66. The van der Waals surface area contributed by atoms with Crippen molar-refractivity contribution in [3.63, 3.8) is 0 Å². The van der Waals surface area contributed by atoms with Gasteiger partial charge in [-0.05, 0) is 18.1 Å². The second kappa shape index (κ2) is 10.4. The van der Waals surface area contributed by atoms with Crippen LogP contribution >= 0.6 is 0 Å². The molecule has 2 aromatic carbocycles. The summed E-state index contributed by atoms with van der Waals surface area (Å²) in [6.07, 6.45) is 1.20. The number of carbonyl (C=O) groups is 2. The maximum atomic E-state index is 12.8. The smallest absolute Gasteiger partial charge is 0.325 e. The molecule has 0 aromatic heterocycles. The van der Waals surface area contributed by atoms with Crippen molar-refractivity contribution in [3.8, 4) is 6.07 Å². The van der Waals surface area contributed by atoms with Crippen molar-refractivity contribution in [1.82, 2.24) is 15.1 Å². The molecule has 1 saturated heterocycles. The first-order chi connectivity index (χ1) is 15.0. The minimum absolute atomic E-state index is 0.0868.